The highest BCUT2D eigenvalue weighted by Gasteiger charge is 2.08. The van der Waals surface area contributed by atoms with Crippen molar-refractivity contribution >= 4 is 15.9 Å². The molecule has 4 heteroatoms. The Morgan fingerprint density at radius 2 is 2.00 bits per heavy atom. The van der Waals surface area contributed by atoms with E-state index in [1.165, 1.54) is 18.9 Å². The minimum atomic E-state index is -0.275. The van der Waals surface area contributed by atoms with Crippen molar-refractivity contribution in [1.29, 1.82) is 0 Å². The van der Waals surface area contributed by atoms with Crippen molar-refractivity contribution in [3.63, 3.8) is 0 Å². The fourth-order valence-corrected chi connectivity index (χ4v) is 2.48. The maximum atomic E-state index is 13.4. The number of nitrogens with one attached hydrogen (secondary N) is 1. The van der Waals surface area contributed by atoms with Gasteiger partial charge in [0.15, 0.2) is 0 Å². The minimum Gasteiger partial charge on any atom is -0.496 e. The molecule has 0 radical (unpaired) electrons. The van der Waals surface area contributed by atoms with E-state index in [0.717, 1.165) is 31.5 Å². The van der Waals surface area contributed by atoms with Crippen LogP contribution in [0, 0.1) is 11.7 Å². The average Bonchev–Trinajstić information content (AvgIpc) is 2.40. The van der Waals surface area contributed by atoms with E-state index in [1.54, 1.807) is 7.11 Å². The number of unbranched alkanes of at least 4 members (excludes halogenated alkanes) is 2. The highest BCUT2D eigenvalue weighted by atomic mass is 79.9. The third-order valence-electron chi connectivity index (χ3n) is 3.18. The topological polar surface area (TPSA) is 21.3 Å². The molecule has 2 nitrogen and oxygen atoms in total. The lowest BCUT2D eigenvalue weighted by Crippen LogP contribution is -2.20. The third kappa shape index (κ3) is 6.23. The standard InChI is InChI=1S/C16H25BrFNO/c1-12(2)11-19-8-6-4-5-7-13-9-14(17)15(18)10-16(13)20-3/h9-10,12,19H,4-8,11H2,1-3H3. The Labute approximate surface area is 130 Å². The van der Waals surface area contributed by atoms with Gasteiger partial charge in [0.1, 0.15) is 11.6 Å². The van der Waals surface area contributed by atoms with E-state index >= 15 is 0 Å². The van der Waals surface area contributed by atoms with Crippen molar-refractivity contribution in [1.82, 2.24) is 5.32 Å². The largest absolute Gasteiger partial charge is 0.496 e. The molecule has 1 aromatic rings. The van der Waals surface area contributed by atoms with Crippen LogP contribution in [0.4, 0.5) is 4.39 Å². The molecule has 0 aliphatic rings. The lowest BCUT2D eigenvalue weighted by atomic mass is 10.1. The summed E-state index contributed by atoms with van der Waals surface area (Å²) in [6.07, 6.45) is 4.37. The monoisotopic (exact) mass is 345 g/mol. The second kappa shape index (κ2) is 9.35. The highest BCUT2D eigenvalue weighted by Crippen LogP contribution is 2.27. The van der Waals surface area contributed by atoms with Crippen molar-refractivity contribution in [2.75, 3.05) is 20.2 Å². The summed E-state index contributed by atoms with van der Waals surface area (Å²) >= 11 is 3.23. The summed E-state index contributed by atoms with van der Waals surface area (Å²) in [5, 5.41) is 3.44. The van der Waals surface area contributed by atoms with Crippen LogP contribution in [-0.2, 0) is 6.42 Å². The SMILES string of the molecule is COc1cc(F)c(Br)cc1CCCCCNCC(C)C. The molecule has 1 N–H and O–H groups in total. The summed E-state index contributed by atoms with van der Waals surface area (Å²) in [6, 6.07) is 3.27. The van der Waals surface area contributed by atoms with Crippen LogP contribution in [0.3, 0.4) is 0 Å². The molecule has 0 aliphatic carbocycles. The molecule has 0 unspecified atom stereocenters. The predicted molar refractivity (Wildman–Crippen MR) is 85.9 cm³/mol. The number of ether oxygens (including phenoxy) is 1. The Morgan fingerprint density at radius 1 is 1.25 bits per heavy atom. The number of hydrogen-bond acceptors (Lipinski definition) is 2. The molecule has 0 spiro atoms. The number of aryl methyl sites for hydroxylation is 1. The number of halogens is 2. The molecular weight excluding hydrogens is 321 g/mol. The zero-order chi connectivity index (χ0) is 15.0. The summed E-state index contributed by atoms with van der Waals surface area (Å²) in [5.74, 6) is 1.07. The van der Waals surface area contributed by atoms with Crippen molar-refractivity contribution in [2.45, 2.75) is 39.5 Å². The van der Waals surface area contributed by atoms with E-state index in [1.807, 2.05) is 6.07 Å². The van der Waals surface area contributed by atoms with Gasteiger partial charge in [-0.25, -0.2) is 4.39 Å². The fraction of sp³-hybridized carbons (Fsp3) is 0.625. The van der Waals surface area contributed by atoms with Crippen LogP contribution >= 0.6 is 15.9 Å². The molecule has 0 fully saturated rings. The quantitative estimate of drug-likeness (QED) is 0.662. The van der Waals surface area contributed by atoms with Crippen LogP contribution < -0.4 is 10.1 Å². The summed E-state index contributed by atoms with van der Waals surface area (Å²) in [6.45, 7) is 6.58. The van der Waals surface area contributed by atoms with E-state index in [2.05, 4.69) is 35.1 Å². The number of rotatable bonds is 9. The van der Waals surface area contributed by atoms with Gasteiger partial charge in [-0.15, -0.1) is 0 Å². The zero-order valence-corrected chi connectivity index (χ0v) is 14.2. The number of benzene rings is 1. The van der Waals surface area contributed by atoms with E-state index in [-0.39, 0.29) is 5.82 Å². The van der Waals surface area contributed by atoms with Crippen molar-refractivity contribution < 1.29 is 9.13 Å². The van der Waals surface area contributed by atoms with Gasteiger partial charge in [-0.05, 0) is 65.8 Å². The normalized spacial score (nSPS) is 11.1. The van der Waals surface area contributed by atoms with Gasteiger partial charge >= 0.3 is 0 Å². The maximum Gasteiger partial charge on any atom is 0.141 e. The first-order chi connectivity index (χ1) is 9.54. The zero-order valence-electron chi connectivity index (χ0n) is 12.6. The van der Waals surface area contributed by atoms with E-state index in [0.29, 0.717) is 16.1 Å². The molecule has 0 amide bonds. The molecule has 1 rings (SSSR count). The first-order valence-electron chi connectivity index (χ1n) is 7.27. The lowest BCUT2D eigenvalue weighted by Gasteiger charge is -2.10. The van der Waals surface area contributed by atoms with Crippen molar-refractivity contribution in [2.24, 2.45) is 5.92 Å². The molecule has 1 aromatic carbocycles. The van der Waals surface area contributed by atoms with E-state index in [9.17, 15) is 4.39 Å². The highest BCUT2D eigenvalue weighted by molar-refractivity contribution is 9.10. The molecule has 0 saturated carbocycles. The molecule has 0 heterocycles. The third-order valence-corrected chi connectivity index (χ3v) is 3.78. The van der Waals surface area contributed by atoms with Crippen LogP contribution in [0.25, 0.3) is 0 Å². The summed E-state index contributed by atoms with van der Waals surface area (Å²) < 4.78 is 19.1. The van der Waals surface area contributed by atoms with Gasteiger partial charge in [-0.1, -0.05) is 20.3 Å². The molecule has 0 atom stereocenters. The second-order valence-electron chi connectivity index (χ2n) is 5.49. The van der Waals surface area contributed by atoms with Crippen LogP contribution in [-0.4, -0.2) is 20.2 Å². The Morgan fingerprint density at radius 3 is 2.65 bits per heavy atom. The van der Waals surface area contributed by atoms with E-state index in [4.69, 9.17) is 4.74 Å². The minimum absolute atomic E-state index is 0.275. The van der Waals surface area contributed by atoms with Gasteiger partial charge in [0, 0.05) is 6.07 Å². The number of hydrogen-bond donors (Lipinski definition) is 1. The van der Waals surface area contributed by atoms with Crippen LogP contribution in [0.5, 0.6) is 5.75 Å². The average molecular weight is 346 g/mol. The first-order valence-corrected chi connectivity index (χ1v) is 8.06. The fourth-order valence-electron chi connectivity index (χ4n) is 2.09. The van der Waals surface area contributed by atoms with Crippen LogP contribution in [0.15, 0.2) is 16.6 Å². The van der Waals surface area contributed by atoms with Crippen molar-refractivity contribution in [3.05, 3.63) is 28.0 Å². The smallest absolute Gasteiger partial charge is 0.141 e. The summed E-state index contributed by atoms with van der Waals surface area (Å²) in [4.78, 5) is 0. The van der Waals surface area contributed by atoms with Crippen LogP contribution in [0.2, 0.25) is 0 Å². The van der Waals surface area contributed by atoms with Gasteiger partial charge in [0.05, 0.1) is 11.6 Å². The predicted octanol–water partition coefficient (Wildman–Crippen LogP) is 4.56. The Balaban J connectivity index is 2.30. The maximum absolute atomic E-state index is 13.4. The summed E-state index contributed by atoms with van der Waals surface area (Å²) in [5.41, 5.74) is 1.07. The Bertz CT molecular complexity index is 410. The summed E-state index contributed by atoms with van der Waals surface area (Å²) in [7, 11) is 1.59. The van der Waals surface area contributed by atoms with Gasteiger partial charge in [-0.2, -0.15) is 0 Å². The molecular formula is C16H25BrFNO. The van der Waals surface area contributed by atoms with Gasteiger partial charge in [-0.3, -0.25) is 0 Å². The van der Waals surface area contributed by atoms with Crippen LogP contribution in [0.1, 0.15) is 38.7 Å². The lowest BCUT2D eigenvalue weighted by molar-refractivity contribution is 0.404. The van der Waals surface area contributed by atoms with E-state index < -0.39 is 0 Å². The van der Waals surface area contributed by atoms with Gasteiger partial charge in [0.2, 0.25) is 0 Å². The molecule has 0 bridgehead atoms. The molecule has 0 saturated heterocycles. The second-order valence-corrected chi connectivity index (χ2v) is 6.34. The molecule has 0 aromatic heterocycles. The Hall–Kier alpha value is -0.610. The molecule has 0 aliphatic heterocycles. The van der Waals surface area contributed by atoms with Gasteiger partial charge < -0.3 is 10.1 Å². The molecule has 20 heavy (non-hydrogen) atoms. The van der Waals surface area contributed by atoms with Gasteiger partial charge in [0.25, 0.3) is 0 Å². The van der Waals surface area contributed by atoms with Crippen molar-refractivity contribution in [3.8, 4) is 5.75 Å². The first kappa shape index (κ1) is 17.4. The molecule has 114 valence electrons. The number of methoxy groups -OCH3 is 1. The Kier molecular flexibility index (Phi) is 8.15.